The lowest BCUT2D eigenvalue weighted by atomic mass is 9.84. The number of nitrogens with one attached hydrogen (secondary N) is 1. The van der Waals surface area contributed by atoms with Gasteiger partial charge in [-0.25, -0.2) is 0 Å². The lowest BCUT2D eigenvalue weighted by molar-refractivity contribution is -0.128. The molecule has 1 atom stereocenters. The van der Waals surface area contributed by atoms with Crippen molar-refractivity contribution < 1.29 is 9.59 Å². The first kappa shape index (κ1) is 15.2. The van der Waals surface area contributed by atoms with E-state index >= 15 is 0 Å². The Labute approximate surface area is 141 Å². The summed E-state index contributed by atoms with van der Waals surface area (Å²) in [6.07, 6.45) is 3.55. The molecule has 1 heterocycles. The van der Waals surface area contributed by atoms with E-state index in [-0.39, 0.29) is 23.8 Å². The van der Waals surface area contributed by atoms with Gasteiger partial charge in [0, 0.05) is 25.4 Å². The zero-order chi connectivity index (χ0) is 16.5. The van der Waals surface area contributed by atoms with Crippen LogP contribution in [-0.2, 0) is 16.1 Å². The Morgan fingerprint density at radius 2 is 1.92 bits per heavy atom. The molecule has 0 spiro atoms. The molecule has 1 saturated carbocycles. The number of benzene rings is 2. The maximum Gasteiger partial charge on any atom is 0.225 e. The SMILES string of the molecule is O=C(NC1CC(=O)N(Cc2cccc3ccccc23)C1)C1CCC1. The molecule has 1 aliphatic carbocycles. The summed E-state index contributed by atoms with van der Waals surface area (Å²) in [7, 11) is 0. The lowest BCUT2D eigenvalue weighted by Crippen LogP contribution is -2.42. The Hall–Kier alpha value is -2.36. The van der Waals surface area contributed by atoms with Crippen LogP contribution in [-0.4, -0.2) is 29.3 Å². The van der Waals surface area contributed by atoms with Gasteiger partial charge in [-0.1, -0.05) is 48.9 Å². The van der Waals surface area contributed by atoms with E-state index in [4.69, 9.17) is 0 Å². The minimum absolute atomic E-state index is 0.0411. The second-order valence-corrected chi connectivity index (χ2v) is 6.95. The molecular weight excluding hydrogens is 300 g/mol. The summed E-state index contributed by atoms with van der Waals surface area (Å²) in [4.78, 5) is 26.3. The van der Waals surface area contributed by atoms with Crippen molar-refractivity contribution in [3.8, 4) is 0 Å². The molecule has 2 aromatic rings. The Kier molecular flexibility index (Phi) is 3.97. The van der Waals surface area contributed by atoms with E-state index in [1.54, 1.807) is 0 Å². The zero-order valence-corrected chi connectivity index (χ0v) is 13.7. The van der Waals surface area contributed by atoms with E-state index < -0.39 is 0 Å². The van der Waals surface area contributed by atoms with Crippen molar-refractivity contribution in [1.29, 1.82) is 0 Å². The van der Waals surface area contributed by atoms with Crippen molar-refractivity contribution in [2.45, 2.75) is 38.3 Å². The van der Waals surface area contributed by atoms with Crippen LogP contribution in [0.4, 0.5) is 0 Å². The molecule has 2 aromatic carbocycles. The van der Waals surface area contributed by atoms with Gasteiger partial charge in [-0.15, -0.1) is 0 Å². The summed E-state index contributed by atoms with van der Waals surface area (Å²) in [6.45, 7) is 1.22. The standard InChI is InChI=1S/C20H22N2O2/c23-19-11-17(21-20(24)15-7-4-8-15)13-22(19)12-16-9-3-6-14-5-1-2-10-18(14)16/h1-3,5-6,9-10,15,17H,4,7-8,11-13H2,(H,21,24). The number of carbonyl (C=O) groups excluding carboxylic acids is 2. The normalized spacial score (nSPS) is 21.1. The number of hydrogen-bond donors (Lipinski definition) is 1. The third kappa shape index (κ3) is 2.88. The smallest absolute Gasteiger partial charge is 0.225 e. The van der Waals surface area contributed by atoms with E-state index in [2.05, 4.69) is 29.6 Å². The number of nitrogens with zero attached hydrogens (tertiary/aromatic N) is 1. The van der Waals surface area contributed by atoms with Gasteiger partial charge in [0.15, 0.2) is 0 Å². The van der Waals surface area contributed by atoms with Crippen LogP contribution in [0.3, 0.4) is 0 Å². The van der Waals surface area contributed by atoms with Crippen molar-refractivity contribution in [3.63, 3.8) is 0 Å². The molecule has 0 aromatic heterocycles. The second-order valence-electron chi connectivity index (χ2n) is 6.95. The molecule has 2 aliphatic rings. The van der Waals surface area contributed by atoms with Gasteiger partial charge in [-0.2, -0.15) is 0 Å². The first-order valence-electron chi connectivity index (χ1n) is 8.75. The highest BCUT2D eigenvalue weighted by Gasteiger charge is 2.33. The maximum absolute atomic E-state index is 12.3. The minimum atomic E-state index is -0.0411. The third-order valence-electron chi connectivity index (χ3n) is 5.28. The fourth-order valence-corrected chi connectivity index (χ4v) is 3.65. The largest absolute Gasteiger partial charge is 0.351 e. The molecule has 1 aliphatic heterocycles. The van der Waals surface area contributed by atoms with Crippen LogP contribution in [0, 0.1) is 5.92 Å². The fourth-order valence-electron chi connectivity index (χ4n) is 3.65. The van der Waals surface area contributed by atoms with Crippen molar-refractivity contribution >= 4 is 22.6 Å². The number of hydrogen-bond acceptors (Lipinski definition) is 2. The van der Waals surface area contributed by atoms with E-state index in [0.29, 0.717) is 19.5 Å². The molecule has 2 fully saturated rings. The Bertz CT molecular complexity index is 777. The van der Waals surface area contributed by atoms with Crippen molar-refractivity contribution in [2.75, 3.05) is 6.54 Å². The number of carbonyl (C=O) groups is 2. The van der Waals surface area contributed by atoms with Crippen LogP contribution in [0.2, 0.25) is 0 Å². The quantitative estimate of drug-likeness (QED) is 0.941. The second kappa shape index (κ2) is 6.27. The lowest BCUT2D eigenvalue weighted by Gasteiger charge is -2.26. The highest BCUT2D eigenvalue weighted by molar-refractivity contribution is 5.87. The zero-order valence-electron chi connectivity index (χ0n) is 13.7. The van der Waals surface area contributed by atoms with Gasteiger partial charge in [0.2, 0.25) is 11.8 Å². The molecule has 124 valence electrons. The summed E-state index contributed by atoms with van der Waals surface area (Å²) >= 11 is 0. The fraction of sp³-hybridized carbons (Fsp3) is 0.400. The Morgan fingerprint density at radius 1 is 1.12 bits per heavy atom. The average molecular weight is 322 g/mol. The van der Waals surface area contributed by atoms with Gasteiger partial charge < -0.3 is 10.2 Å². The third-order valence-corrected chi connectivity index (χ3v) is 5.28. The van der Waals surface area contributed by atoms with Gasteiger partial charge >= 0.3 is 0 Å². The molecular formula is C20H22N2O2. The van der Waals surface area contributed by atoms with E-state index in [0.717, 1.165) is 24.8 Å². The van der Waals surface area contributed by atoms with Gasteiger partial charge in [0.25, 0.3) is 0 Å². The summed E-state index contributed by atoms with van der Waals surface area (Å²) in [5.41, 5.74) is 1.16. The van der Waals surface area contributed by atoms with Crippen LogP contribution in [0.1, 0.15) is 31.2 Å². The first-order valence-corrected chi connectivity index (χ1v) is 8.75. The van der Waals surface area contributed by atoms with Crippen molar-refractivity contribution in [2.24, 2.45) is 5.92 Å². The Balaban J connectivity index is 1.44. The van der Waals surface area contributed by atoms with Crippen LogP contribution in [0.25, 0.3) is 10.8 Å². The highest BCUT2D eigenvalue weighted by atomic mass is 16.2. The van der Waals surface area contributed by atoms with Gasteiger partial charge in [-0.05, 0) is 29.2 Å². The topological polar surface area (TPSA) is 49.4 Å². The van der Waals surface area contributed by atoms with Gasteiger partial charge in [-0.3, -0.25) is 9.59 Å². The summed E-state index contributed by atoms with van der Waals surface area (Å²) in [5, 5.41) is 5.44. The highest BCUT2D eigenvalue weighted by Crippen LogP contribution is 2.27. The van der Waals surface area contributed by atoms with Crippen LogP contribution in [0.5, 0.6) is 0 Å². The van der Waals surface area contributed by atoms with Crippen molar-refractivity contribution in [1.82, 2.24) is 10.2 Å². The number of likely N-dealkylation sites (tertiary alicyclic amines) is 1. The minimum Gasteiger partial charge on any atom is -0.351 e. The summed E-state index contributed by atoms with van der Waals surface area (Å²) < 4.78 is 0. The van der Waals surface area contributed by atoms with Gasteiger partial charge in [0.1, 0.15) is 0 Å². The maximum atomic E-state index is 12.3. The molecule has 4 nitrogen and oxygen atoms in total. The number of amides is 2. The van der Waals surface area contributed by atoms with Crippen LogP contribution < -0.4 is 5.32 Å². The summed E-state index contributed by atoms with van der Waals surface area (Å²) in [6, 6.07) is 14.4. The van der Waals surface area contributed by atoms with E-state index in [1.807, 2.05) is 23.1 Å². The molecule has 1 N–H and O–H groups in total. The predicted molar refractivity (Wildman–Crippen MR) is 93.3 cm³/mol. The summed E-state index contributed by atoms with van der Waals surface area (Å²) in [5.74, 6) is 0.431. The van der Waals surface area contributed by atoms with Crippen molar-refractivity contribution in [3.05, 3.63) is 48.0 Å². The first-order chi connectivity index (χ1) is 11.7. The molecule has 0 bridgehead atoms. The Morgan fingerprint density at radius 3 is 2.71 bits per heavy atom. The molecule has 2 amide bonds. The van der Waals surface area contributed by atoms with Crippen LogP contribution >= 0.6 is 0 Å². The van der Waals surface area contributed by atoms with Crippen LogP contribution in [0.15, 0.2) is 42.5 Å². The molecule has 1 saturated heterocycles. The molecule has 4 rings (SSSR count). The van der Waals surface area contributed by atoms with Gasteiger partial charge in [0.05, 0.1) is 6.04 Å². The molecule has 4 heteroatoms. The molecule has 1 unspecified atom stereocenters. The number of rotatable bonds is 4. The van der Waals surface area contributed by atoms with E-state index in [9.17, 15) is 9.59 Å². The molecule has 0 radical (unpaired) electrons. The average Bonchev–Trinajstić information content (AvgIpc) is 2.85. The molecule has 24 heavy (non-hydrogen) atoms. The monoisotopic (exact) mass is 322 g/mol. The van der Waals surface area contributed by atoms with E-state index in [1.165, 1.54) is 10.8 Å². The number of fused-ring (bicyclic) bond motifs is 1. The predicted octanol–water partition coefficient (Wildman–Crippen LogP) is 2.86.